The monoisotopic (exact) mass is 308 g/mol. The van der Waals surface area contributed by atoms with Gasteiger partial charge in [0.1, 0.15) is 0 Å². The van der Waals surface area contributed by atoms with Crippen LogP contribution in [0, 0.1) is 23.0 Å². The molecule has 7 nitrogen and oxygen atoms in total. The number of nitrogens with one attached hydrogen (secondary N) is 1. The van der Waals surface area contributed by atoms with E-state index in [0.29, 0.717) is 5.56 Å². The zero-order chi connectivity index (χ0) is 16.9. The van der Waals surface area contributed by atoms with Crippen LogP contribution in [0.5, 0.6) is 0 Å². The molecular weight excluding hydrogens is 288 g/mol. The van der Waals surface area contributed by atoms with Gasteiger partial charge in [0.2, 0.25) is 0 Å². The molecule has 1 aromatic carbocycles. The van der Waals surface area contributed by atoms with E-state index in [1.54, 1.807) is 6.92 Å². The smallest absolute Gasteiger partial charge is 0.338 e. The second-order valence-electron chi connectivity index (χ2n) is 5.43. The number of carbonyl (C=O) groups is 2. The number of ether oxygens (including phenoxy) is 1. The Kier molecular flexibility index (Phi) is 6.03. The van der Waals surface area contributed by atoms with Gasteiger partial charge in [-0.15, -0.1) is 0 Å². The number of esters is 1. The van der Waals surface area contributed by atoms with Gasteiger partial charge in [-0.1, -0.05) is 19.9 Å². The van der Waals surface area contributed by atoms with Crippen LogP contribution in [0.3, 0.4) is 0 Å². The van der Waals surface area contributed by atoms with Gasteiger partial charge in [-0.05, 0) is 25.8 Å². The van der Waals surface area contributed by atoms with Gasteiger partial charge in [0.25, 0.3) is 11.6 Å². The van der Waals surface area contributed by atoms with Crippen LogP contribution < -0.4 is 5.32 Å². The Morgan fingerprint density at radius 3 is 2.50 bits per heavy atom. The van der Waals surface area contributed by atoms with Crippen LogP contribution in [0.1, 0.15) is 36.7 Å². The van der Waals surface area contributed by atoms with E-state index in [1.807, 2.05) is 20.8 Å². The summed E-state index contributed by atoms with van der Waals surface area (Å²) in [6.07, 6.45) is 0. The van der Waals surface area contributed by atoms with Crippen LogP contribution >= 0.6 is 0 Å². The maximum Gasteiger partial charge on any atom is 0.338 e. The number of nitrogens with zero attached hydrogens (tertiary/aromatic N) is 1. The average molecular weight is 308 g/mol. The van der Waals surface area contributed by atoms with Gasteiger partial charge in [0, 0.05) is 17.7 Å². The topological polar surface area (TPSA) is 98.5 Å². The summed E-state index contributed by atoms with van der Waals surface area (Å²) in [5, 5.41) is 13.5. The van der Waals surface area contributed by atoms with E-state index < -0.39 is 23.4 Å². The highest BCUT2D eigenvalue weighted by atomic mass is 16.6. The fraction of sp³-hybridized carbons (Fsp3) is 0.467. The molecule has 0 radical (unpaired) electrons. The van der Waals surface area contributed by atoms with E-state index in [2.05, 4.69) is 5.32 Å². The number of nitro groups is 1. The lowest BCUT2D eigenvalue weighted by molar-refractivity contribution is -0.385. The quantitative estimate of drug-likeness (QED) is 0.493. The Hall–Kier alpha value is -2.44. The number of carbonyl (C=O) groups excluding carboxylic acids is 2. The van der Waals surface area contributed by atoms with Gasteiger partial charge in [-0.2, -0.15) is 0 Å². The molecule has 0 aliphatic carbocycles. The van der Waals surface area contributed by atoms with Gasteiger partial charge in [-0.3, -0.25) is 14.9 Å². The molecule has 0 aliphatic rings. The molecular formula is C15H20N2O5. The molecule has 22 heavy (non-hydrogen) atoms. The summed E-state index contributed by atoms with van der Waals surface area (Å²) in [7, 11) is 0. The van der Waals surface area contributed by atoms with Crippen molar-refractivity contribution in [2.75, 3.05) is 6.61 Å². The lowest BCUT2D eigenvalue weighted by atomic mass is 10.1. The lowest BCUT2D eigenvalue weighted by Gasteiger charge is -2.17. The molecule has 1 N–H and O–H groups in total. The van der Waals surface area contributed by atoms with E-state index in [1.165, 1.54) is 12.1 Å². The first-order valence-electron chi connectivity index (χ1n) is 6.94. The van der Waals surface area contributed by atoms with Crippen molar-refractivity contribution < 1.29 is 19.2 Å². The van der Waals surface area contributed by atoms with Gasteiger partial charge in [-0.25, -0.2) is 4.79 Å². The van der Waals surface area contributed by atoms with Gasteiger partial charge in [0.05, 0.1) is 10.5 Å². The Morgan fingerprint density at radius 1 is 1.32 bits per heavy atom. The van der Waals surface area contributed by atoms with Crippen molar-refractivity contribution in [3.05, 3.63) is 39.4 Å². The molecule has 1 aromatic rings. The van der Waals surface area contributed by atoms with Gasteiger partial charge >= 0.3 is 5.97 Å². The second-order valence-corrected chi connectivity index (χ2v) is 5.43. The number of amides is 1. The summed E-state index contributed by atoms with van der Waals surface area (Å²) in [6.45, 7) is 6.93. The summed E-state index contributed by atoms with van der Waals surface area (Å²) in [6, 6.07) is 4.01. The second kappa shape index (κ2) is 7.53. The Labute approximate surface area is 128 Å². The standard InChI is InChI=1S/C15H20N2O5/c1-9(2)11(4)16-14(18)8-22-15(19)12-6-5-10(3)13(7-12)17(20)21/h5-7,9,11H,8H2,1-4H3,(H,16,18)/t11-/m0/s1. The highest BCUT2D eigenvalue weighted by molar-refractivity contribution is 5.92. The van der Waals surface area contributed by atoms with Crippen molar-refractivity contribution >= 4 is 17.6 Å². The van der Waals surface area contributed by atoms with Gasteiger partial charge in [0.15, 0.2) is 6.61 Å². The van der Waals surface area contributed by atoms with Crippen LogP contribution in [0.25, 0.3) is 0 Å². The molecule has 120 valence electrons. The summed E-state index contributed by atoms with van der Waals surface area (Å²) < 4.78 is 4.87. The van der Waals surface area contributed by atoms with Crippen molar-refractivity contribution in [2.45, 2.75) is 33.7 Å². The molecule has 0 unspecified atom stereocenters. The zero-order valence-corrected chi connectivity index (χ0v) is 13.1. The predicted molar refractivity (Wildman–Crippen MR) is 80.6 cm³/mol. The van der Waals surface area contributed by atoms with Crippen LogP contribution in [0.4, 0.5) is 5.69 Å². The first kappa shape index (κ1) is 17.6. The largest absolute Gasteiger partial charge is 0.452 e. The Bertz CT molecular complexity index is 583. The van der Waals surface area contributed by atoms with E-state index >= 15 is 0 Å². The molecule has 0 fully saturated rings. The van der Waals surface area contributed by atoms with Crippen LogP contribution in [-0.2, 0) is 9.53 Å². The number of benzene rings is 1. The van der Waals surface area contributed by atoms with E-state index in [4.69, 9.17) is 4.74 Å². The van der Waals surface area contributed by atoms with E-state index in [-0.39, 0.29) is 23.2 Å². The van der Waals surface area contributed by atoms with Crippen LogP contribution in [0.2, 0.25) is 0 Å². The molecule has 1 rings (SSSR count). The van der Waals surface area contributed by atoms with Crippen molar-refractivity contribution in [3.8, 4) is 0 Å². The summed E-state index contributed by atoms with van der Waals surface area (Å²) in [5.74, 6) is -0.911. The molecule has 1 amide bonds. The molecule has 0 spiro atoms. The molecule has 0 bridgehead atoms. The third kappa shape index (κ3) is 4.83. The molecule has 1 atom stereocenters. The minimum Gasteiger partial charge on any atom is -0.452 e. The highest BCUT2D eigenvalue weighted by Gasteiger charge is 2.17. The summed E-state index contributed by atoms with van der Waals surface area (Å²) in [5.41, 5.74) is 0.333. The number of aryl methyl sites for hydroxylation is 1. The molecule has 0 saturated heterocycles. The minimum atomic E-state index is -0.768. The number of nitro benzene ring substituents is 1. The number of rotatable bonds is 6. The lowest BCUT2D eigenvalue weighted by Crippen LogP contribution is -2.38. The Balaban J connectivity index is 2.65. The maximum atomic E-state index is 11.8. The summed E-state index contributed by atoms with van der Waals surface area (Å²) >= 11 is 0. The molecule has 7 heteroatoms. The average Bonchev–Trinajstić information content (AvgIpc) is 2.44. The van der Waals surface area contributed by atoms with Crippen LogP contribution in [0.15, 0.2) is 18.2 Å². The highest BCUT2D eigenvalue weighted by Crippen LogP contribution is 2.19. The first-order valence-corrected chi connectivity index (χ1v) is 6.94. The van der Waals surface area contributed by atoms with Gasteiger partial charge < -0.3 is 10.1 Å². The normalized spacial score (nSPS) is 11.9. The summed E-state index contributed by atoms with van der Waals surface area (Å²) in [4.78, 5) is 33.7. The third-order valence-corrected chi connectivity index (χ3v) is 3.36. The fourth-order valence-electron chi connectivity index (χ4n) is 1.61. The zero-order valence-electron chi connectivity index (χ0n) is 13.1. The maximum absolute atomic E-state index is 11.8. The Morgan fingerprint density at radius 2 is 1.95 bits per heavy atom. The van der Waals surface area contributed by atoms with E-state index in [0.717, 1.165) is 6.07 Å². The van der Waals surface area contributed by atoms with E-state index in [9.17, 15) is 19.7 Å². The fourth-order valence-corrected chi connectivity index (χ4v) is 1.61. The van der Waals surface area contributed by atoms with Crippen molar-refractivity contribution in [1.29, 1.82) is 0 Å². The molecule has 0 aromatic heterocycles. The molecule has 0 saturated carbocycles. The molecule has 0 aliphatic heterocycles. The van der Waals surface area contributed by atoms with Crippen molar-refractivity contribution in [1.82, 2.24) is 5.32 Å². The number of hydrogen-bond donors (Lipinski definition) is 1. The third-order valence-electron chi connectivity index (χ3n) is 3.36. The SMILES string of the molecule is Cc1ccc(C(=O)OCC(=O)N[C@@H](C)C(C)C)cc1[N+](=O)[O-]. The van der Waals surface area contributed by atoms with Crippen molar-refractivity contribution in [2.24, 2.45) is 5.92 Å². The van der Waals surface area contributed by atoms with Crippen molar-refractivity contribution in [3.63, 3.8) is 0 Å². The predicted octanol–water partition coefficient (Wildman–Crippen LogP) is 2.22. The van der Waals surface area contributed by atoms with Crippen LogP contribution in [-0.4, -0.2) is 29.4 Å². The minimum absolute atomic E-state index is 0.0355. The first-order chi connectivity index (χ1) is 10.2. The number of hydrogen-bond acceptors (Lipinski definition) is 5. The molecule has 0 heterocycles.